The van der Waals surface area contributed by atoms with Crippen LogP contribution in [0.3, 0.4) is 0 Å². The number of nitro groups is 1. The van der Waals surface area contributed by atoms with Crippen molar-refractivity contribution in [3.8, 4) is 0 Å². The molecule has 128 valence electrons. The minimum absolute atomic E-state index is 0.0273. The number of morpholine rings is 1. The van der Waals surface area contributed by atoms with E-state index in [4.69, 9.17) is 4.74 Å². The summed E-state index contributed by atoms with van der Waals surface area (Å²) < 4.78 is 6.88. The number of aromatic nitrogens is 2. The van der Waals surface area contributed by atoms with Gasteiger partial charge in [-0.15, -0.1) is 0 Å². The highest BCUT2D eigenvalue weighted by molar-refractivity contribution is 5.60. The SMILES string of the molecule is CC(Nc1nc2ccccn2c(=O)c1[N+](=O)[O-])C1CN(C)CCO1. The number of fused-ring (bicyclic) bond motifs is 1. The molecule has 0 aliphatic carbocycles. The van der Waals surface area contributed by atoms with Crippen molar-refractivity contribution in [1.82, 2.24) is 14.3 Å². The molecule has 3 rings (SSSR count). The van der Waals surface area contributed by atoms with Crippen LogP contribution in [-0.4, -0.2) is 58.1 Å². The zero-order valence-corrected chi connectivity index (χ0v) is 13.5. The van der Waals surface area contributed by atoms with Gasteiger partial charge < -0.3 is 15.0 Å². The third-order valence-corrected chi connectivity index (χ3v) is 4.11. The summed E-state index contributed by atoms with van der Waals surface area (Å²) >= 11 is 0. The van der Waals surface area contributed by atoms with Crippen LogP contribution in [0.15, 0.2) is 29.2 Å². The Kier molecular flexibility index (Phi) is 4.45. The van der Waals surface area contributed by atoms with Crippen LogP contribution in [0.1, 0.15) is 6.92 Å². The molecule has 0 bridgehead atoms. The van der Waals surface area contributed by atoms with Gasteiger partial charge in [-0.2, -0.15) is 0 Å². The van der Waals surface area contributed by atoms with E-state index in [1.165, 1.54) is 10.6 Å². The molecule has 3 heterocycles. The largest absolute Gasteiger partial charge is 0.376 e. The number of ether oxygens (including phenoxy) is 1. The smallest absolute Gasteiger partial charge is 0.373 e. The van der Waals surface area contributed by atoms with Gasteiger partial charge >= 0.3 is 11.2 Å². The van der Waals surface area contributed by atoms with Gasteiger partial charge in [0, 0.05) is 19.3 Å². The van der Waals surface area contributed by atoms with Gasteiger partial charge in [-0.3, -0.25) is 19.3 Å². The van der Waals surface area contributed by atoms with Gasteiger partial charge in [0.1, 0.15) is 5.65 Å². The summed E-state index contributed by atoms with van der Waals surface area (Å²) in [5.74, 6) is -0.0273. The van der Waals surface area contributed by atoms with Gasteiger partial charge in [0.2, 0.25) is 5.82 Å². The van der Waals surface area contributed by atoms with E-state index in [-0.39, 0.29) is 18.0 Å². The summed E-state index contributed by atoms with van der Waals surface area (Å²) in [5.41, 5.74) is -0.916. The lowest BCUT2D eigenvalue weighted by Crippen LogP contribution is -2.47. The van der Waals surface area contributed by atoms with Crippen molar-refractivity contribution >= 4 is 17.2 Å². The van der Waals surface area contributed by atoms with Gasteiger partial charge in [0.15, 0.2) is 0 Å². The predicted molar refractivity (Wildman–Crippen MR) is 88.4 cm³/mol. The van der Waals surface area contributed by atoms with E-state index < -0.39 is 16.2 Å². The third kappa shape index (κ3) is 3.08. The zero-order chi connectivity index (χ0) is 17.3. The molecule has 1 fully saturated rings. The van der Waals surface area contributed by atoms with E-state index in [9.17, 15) is 14.9 Å². The Balaban J connectivity index is 1.97. The summed E-state index contributed by atoms with van der Waals surface area (Å²) in [5, 5.41) is 14.4. The molecular weight excluding hydrogens is 314 g/mol. The summed E-state index contributed by atoms with van der Waals surface area (Å²) in [4.78, 5) is 29.5. The van der Waals surface area contributed by atoms with E-state index in [1.54, 1.807) is 18.2 Å². The minimum atomic E-state index is -0.706. The van der Waals surface area contributed by atoms with E-state index in [0.717, 1.165) is 6.54 Å². The second-order valence-corrected chi connectivity index (χ2v) is 5.90. The van der Waals surface area contributed by atoms with Crippen molar-refractivity contribution in [2.24, 2.45) is 0 Å². The second kappa shape index (κ2) is 6.54. The summed E-state index contributed by atoms with van der Waals surface area (Å²) in [6.07, 6.45) is 1.32. The summed E-state index contributed by atoms with van der Waals surface area (Å²) in [7, 11) is 1.99. The average molecular weight is 333 g/mol. The Morgan fingerprint density at radius 3 is 3.00 bits per heavy atom. The van der Waals surface area contributed by atoms with Crippen LogP contribution < -0.4 is 10.9 Å². The molecule has 1 saturated heterocycles. The molecule has 2 aromatic rings. The van der Waals surface area contributed by atoms with Crippen LogP contribution >= 0.6 is 0 Å². The van der Waals surface area contributed by atoms with Crippen LogP contribution in [0, 0.1) is 10.1 Å². The molecule has 9 heteroatoms. The fourth-order valence-corrected chi connectivity index (χ4v) is 2.77. The van der Waals surface area contributed by atoms with Crippen LogP contribution in [0.4, 0.5) is 11.5 Å². The monoisotopic (exact) mass is 333 g/mol. The summed E-state index contributed by atoms with van der Waals surface area (Å²) in [6.45, 7) is 4.01. The standard InChI is InChI=1S/C15H19N5O4/c1-10(11-9-18(2)7-8-24-11)16-14-13(20(22)23)15(21)19-6-4-3-5-12(19)17-14/h3-6,10-11,16H,7-9H2,1-2H3. The van der Waals surface area contributed by atoms with Crippen LogP contribution in [0.5, 0.6) is 0 Å². The van der Waals surface area contributed by atoms with Crippen molar-refractivity contribution in [1.29, 1.82) is 0 Å². The number of likely N-dealkylation sites (N-methyl/N-ethyl adjacent to an activating group) is 1. The molecule has 0 spiro atoms. The molecular formula is C15H19N5O4. The fourth-order valence-electron chi connectivity index (χ4n) is 2.77. The van der Waals surface area contributed by atoms with Gasteiger partial charge in [0.05, 0.1) is 23.7 Å². The number of hydrogen-bond donors (Lipinski definition) is 1. The zero-order valence-electron chi connectivity index (χ0n) is 13.5. The molecule has 1 aliphatic heterocycles. The molecule has 0 radical (unpaired) electrons. The second-order valence-electron chi connectivity index (χ2n) is 5.90. The molecule has 2 unspecified atom stereocenters. The lowest BCUT2D eigenvalue weighted by molar-refractivity contribution is -0.385. The highest BCUT2D eigenvalue weighted by Crippen LogP contribution is 2.21. The molecule has 24 heavy (non-hydrogen) atoms. The number of anilines is 1. The highest BCUT2D eigenvalue weighted by Gasteiger charge is 2.29. The number of nitrogens with zero attached hydrogens (tertiary/aromatic N) is 4. The first-order chi connectivity index (χ1) is 11.5. The first-order valence-corrected chi connectivity index (χ1v) is 7.70. The quantitative estimate of drug-likeness (QED) is 0.650. The Bertz CT molecular complexity index is 821. The molecule has 2 aromatic heterocycles. The maximum Gasteiger partial charge on any atom is 0.376 e. The van der Waals surface area contributed by atoms with Crippen molar-refractivity contribution in [3.05, 3.63) is 44.9 Å². The Labute approximate surface area is 138 Å². The Morgan fingerprint density at radius 2 is 2.29 bits per heavy atom. The lowest BCUT2D eigenvalue weighted by Gasteiger charge is -2.34. The van der Waals surface area contributed by atoms with Crippen molar-refractivity contribution in [2.45, 2.75) is 19.1 Å². The van der Waals surface area contributed by atoms with Gasteiger partial charge in [-0.05, 0) is 26.1 Å². The molecule has 1 aliphatic rings. The van der Waals surface area contributed by atoms with Crippen molar-refractivity contribution in [3.63, 3.8) is 0 Å². The molecule has 2 atom stereocenters. The number of hydrogen-bond acceptors (Lipinski definition) is 7. The number of pyridine rings is 1. The van der Waals surface area contributed by atoms with E-state index in [2.05, 4.69) is 15.2 Å². The number of rotatable bonds is 4. The van der Waals surface area contributed by atoms with Gasteiger partial charge in [-0.1, -0.05) is 6.07 Å². The highest BCUT2D eigenvalue weighted by atomic mass is 16.6. The van der Waals surface area contributed by atoms with E-state index >= 15 is 0 Å². The van der Waals surface area contributed by atoms with Gasteiger partial charge in [0.25, 0.3) is 0 Å². The topological polar surface area (TPSA) is 102 Å². The molecule has 9 nitrogen and oxygen atoms in total. The van der Waals surface area contributed by atoms with Crippen LogP contribution in [0.25, 0.3) is 5.65 Å². The third-order valence-electron chi connectivity index (χ3n) is 4.11. The van der Waals surface area contributed by atoms with Crippen LogP contribution in [-0.2, 0) is 4.74 Å². The lowest BCUT2D eigenvalue weighted by atomic mass is 10.1. The first-order valence-electron chi connectivity index (χ1n) is 7.70. The maximum absolute atomic E-state index is 12.4. The average Bonchev–Trinajstić information content (AvgIpc) is 2.54. The minimum Gasteiger partial charge on any atom is -0.373 e. The molecule has 0 aromatic carbocycles. The number of nitrogens with one attached hydrogen (secondary N) is 1. The molecule has 1 N–H and O–H groups in total. The summed E-state index contributed by atoms with van der Waals surface area (Å²) in [6, 6.07) is 4.75. The van der Waals surface area contributed by atoms with E-state index in [1.807, 2.05) is 14.0 Å². The van der Waals surface area contributed by atoms with Crippen LogP contribution in [0.2, 0.25) is 0 Å². The normalized spacial score (nSPS) is 20.0. The van der Waals surface area contributed by atoms with Crippen molar-refractivity contribution < 1.29 is 9.66 Å². The fraction of sp³-hybridized carbons (Fsp3) is 0.467. The van der Waals surface area contributed by atoms with E-state index in [0.29, 0.717) is 18.8 Å². The predicted octanol–water partition coefficient (Wildman–Crippen LogP) is 0.734. The van der Waals surface area contributed by atoms with Gasteiger partial charge in [-0.25, -0.2) is 4.98 Å². The Hall–Kier alpha value is -2.52. The molecule has 0 amide bonds. The maximum atomic E-state index is 12.4. The first kappa shape index (κ1) is 16.3. The van der Waals surface area contributed by atoms with Crippen molar-refractivity contribution in [2.75, 3.05) is 32.1 Å². The molecule has 0 saturated carbocycles. The Morgan fingerprint density at radius 1 is 1.50 bits per heavy atom.